The number of allylic oxidation sites excluding steroid dienone is 13. The second-order valence-corrected chi connectivity index (χ2v) is 22.2. The summed E-state index contributed by atoms with van der Waals surface area (Å²) < 4.78 is 17.6. The predicted octanol–water partition coefficient (Wildman–Crippen LogP) is 15.7. The van der Waals surface area contributed by atoms with Gasteiger partial charge in [0.25, 0.3) is 0 Å². The fourth-order valence-corrected chi connectivity index (χ4v) is 9.75. The molecule has 0 saturated carbocycles. The van der Waals surface area contributed by atoms with Crippen molar-refractivity contribution >= 4 is 11.9 Å². The molecule has 1 aliphatic heterocycles. The van der Waals surface area contributed by atoms with Crippen molar-refractivity contribution in [2.45, 2.75) is 320 Å². The number of carbonyl (C=O) groups is 2. The summed E-state index contributed by atoms with van der Waals surface area (Å²) in [5.41, 5.74) is 0. The van der Waals surface area contributed by atoms with Gasteiger partial charge in [0.05, 0.1) is 25.4 Å². The van der Waals surface area contributed by atoms with Gasteiger partial charge in [-0.15, -0.1) is 0 Å². The monoisotopic (exact) mass is 1110 g/mol. The first-order valence-electron chi connectivity index (χ1n) is 32.4. The van der Waals surface area contributed by atoms with E-state index < -0.39 is 67.4 Å². The van der Waals surface area contributed by atoms with Gasteiger partial charge in [-0.25, -0.2) is 0 Å². The largest absolute Gasteiger partial charge is 0.454 e. The van der Waals surface area contributed by atoms with Crippen LogP contribution in [0.5, 0.6) is 0 Å². The van der Waals surface area contributed by atoms with Crippen molar-refractivity contribution in [1.29, 1.82) is 0 Å². The highest BCUT2D eigenvalue weighted by Gasteiger charge is 2.47. The minimum atomic E-state index is -1.62. The fraction of sp³-hybridized carbons (Fsp3) is 0.765. The van der Waals surface area contributed by atoms with Crippen LogP contribution in [0.15, 0.2) is 85.1 Å². The van der Waals surface area contributed by atoms with E-state index >= 15 is 0 Å². The zero-order chi connectivity index (χ0) is 57.5. The molecule has 11 heteroatoms. The Hall–Kier alpha value is -3.16. The predicted molar refractivity (Wildman–Crippen MR) is 329 cm³/mol. The first-order valence-corrected chi connectivity index (χ1v) is 32.4. The second-order valence-electron chi connectivity index (χ2n) is 22.2. The summed E-state index contributed by atoms with van der Waals surface area (Å²) in [6.07, 6.45) is 62.1. The van der Waals surface area contributed by atoms with Crippen molar-refractivity contribution in [2.75, 3.05) is 13.2 Å². The van der Waals surface area contributed by atoms with Crippen LogP contribution in [0.25, 0.3) is 0 Å². The van der Waals surface area contributed by atoms with Crippen molar-refractivity contribution in [3.05, 3.63) is 85.1 Å². The Morgan fingerprint density at radius 3 is 1.49 bits per heavy atom. The smallest absolute Gasteiger partial charge is 0.306 e. The van der Waals surface area contributed by atoms with E-state index in [4.69, 9.17) is 14.2 Å². The van der Waals surface area contributed by atoms with Crippen LogP contribution in [-0.4, -0.2) is 99.6 Å². The Bertz CT molecular complexity index is 1610. The van der Waals surface area contributed by atoms with E-state index in [-0.39, 0.29) is 19.4 Å². The molecular formula is C68H119NO10. The van der Waals surface area contributed by atoms with Gasteiger partial charge in [0.15, 0.2) is 12.4 Å². The van der Waals surface area contributed by atoms with Gasteiger partial charge in [-0.1, -0.05) is 273 Å². The third-order valence-electron chi connectivity index (χ3n) is 14.9. The minimum absolute atomic E-state index is 0.116. The van der Waals surface area contributed by atoms with E-state index in [9.17, 15) is 35.1 Å². The summed E-state index contributed by atoms with van der Waals surface area (Å²) in [6.45, 7) is 5.60. The van der Waals surface area contributed by atoms with Crippen molar-refractivity contribution in [3.8, 4) is 0 Å². The van der Waals surface area contributed by atoms with Crippen LogP contribution in [-0.2, 0) is 23.8 Å². The molecule has 0 aliphatic carbocycles. The van der Waals surface area contributed by atoms with Crippen LogP contribution in [0.4, 0.5) is 0 Å². The molecule has 0 aromatic heterocycles. The Kier molecular flexibility index (Phi) is 51.8. The van der Waals surface area contributed by atoms with E-state index in [1.165, 1.54) is 161 Å². The first kappa shape index (κ1) is 73.9. The molecule has 0 radical (unpaired) electrons. The third-order valence-corrected chi connectivity index (χ3v) is 14.9. The molecule has 1 rings (SSSR count). The third kappa shape index (κ3) is 43.2. The van der Waals surface area contributed by atoms with Gasteiger partial charge in [0, 0.05) is 6.42 Å². The summed E-state index contributed by atoms with van der Waals surface area (Å²) in [7, 11) is 0. The molecule has 456 valence electrons. The van der Waals surface area contributed by atoms with Crippen LogP contribution < -0.4 is 5.32 Å². The van der Waals surface area contributed by atoms with Crippen molar-refractivity contribution < 1.29 is 49.3 Å². The molecule has 1 saturated heterocycles. The maximum Gasteiger partial charge on any atom is 0.306 e. The molecule has 0 aromatic rings. The lowest BCUT2D eigenvalue weighted by atomic mass is 9.99. The molecule has 8 atom stereocenters. The van der Waals surface area contributed by atoms with Gasteiger partial charge in [-0.2, -0.15) is 0 Å². The van der Waals surface area contributed by atoms with Gasteiger partial charge in [0.2, 0.25) is 5.91 Å². The van der Waals surface area contributed by atoms with E-state index in [0.717, 1.165) is 64.2 Å². The van der Waals surface area contributed by atoms with E-state index in [2.05, 4.69) is 56.5 Å². The van der Waals surface area contributed by atoms with Crippen molar-refractivity contribution in [1.82, 2.24) is 5.32 Å². The number of ether oxygens (including phenoxy) is 3. The lowest BCUT2D eigenvalue weighted by Crippen LogP contribution is -2.61. The van der Waals surface area contributed by atoms with E-state index in [1.54, 1.807) is 6.08 Å². The zero-order valence-corrected chi connectivity index (χ0v) is 50.5. The van der Waals surface area contributed by atoms with Gasteiger partial charge in [-0.3, -0.25) is 9.59 Å². The topological polar surface area (TPSA) is 175 Å². The lowest BCUT2D eigenvalue weighted by Gasteiger charge is -2.41. The molecule has 0 aromatic carbocycles. The normalized spacial score (nSPS) is 19.4. The summed E-state index contributed by atoms with van der Waals surface area (Å²) in [4.78, 5) is 26.5. The zero-order valence-electron chi connectivity index (χ0n) is 50.5. The van der Waals surface area contributed by atoms with Crippen LogP contribution in [0.3, 0.4) is 0 Å². The molecule has 0 spiro atoms. The number of hydrogen-bond acceptors (Lipinski definition) is 10. The average molecular weight is 1110 g/mol. The molecule has 1 amide bonds. The molecule has 1 fully saturated rings. The molecule has 6 N–H and O–H groups in total. The summed E-state index contributed by atoms with van der Waals surface area (Å²) >= 11 is 0. The highest BCUT2D eigenvalue weighted by molar-refractivity contribution is 5.80. The van der Waals surface area contributed by atoms with Gasteiger partial charge in [-0.05, 0) is 77.0 Å². The fourth-order valence-electron chi connectivity index (χ4n) is 9.75. The van der Waals surface area contributed by atoms with Crippen LogP contribution >= 0.6 is 0 Å². The number of amides is 1. The highest BCUT2D eigenvalue weighted by Crippen LogP contribution is 2.26. The number of aliphatic hydroxyl groups excluding tert-OH is 5. The Morgan fingerprint density at radius 1 is 0.519 bits per heavy atom. The minimum Gasteiger partial charge on any atom is -0.454 e. The molecule has 0 bridgehead atoms. The van der Waals surface area contributed by atoms with E-state index in [0.29, 0.717) is 12.8 Å². The standard InChI is InChI=1S/C68H119NO10/c1-4-7-10-13-16-19-22-25-26-27-28-29-30-31-32-33-34-35-36-38-41-44-47-50-53-56-63(73)79-66-65(75)64(74)62(57-70)78-68(66)77-58-59(60(71)54-51-48-45-42-40-37-23-20-17-14-11-8-5-2)69-67(76)61(72)55-52-49-46-43-39-24-21-18-15-12-9-6-3/h9,12,15-16,18-19,21,24-26,39,43,51,54,59-62,64-66,68,70-72,74-75H,4-8,10-11,13-14,17,20,22-23,27-38,40-42,44-50,52-53,55-58H2,1-3H3,(H,69,76)/b12-9+,18-15+,19-16-,24-21-,26-25-,43-39-,54-51+. The molecule has 79 heavy (non-hydrogen) atoms. The number of nitrogens with one attached hydrogen (secondary N) is 1. The highest BCUT2D eigenvalue weighted by atomic mass is 16.7. The van der Waals surface area contributed by atoms with Gasteiger partial charge >= 0.3 is 5.97 Å². The van der Waals surface area contributed by atoms with Gasteiger partial charge in [0.1, 0.15) is 24.4 Å². The van der Waals surface area contributed by atoms with E-state index in [1.807, 2.05) is 48.6 Å². The Balaban J connectivity index is 2.60. The van der Waals surface area contributed by atoms with Crippen molar-refractivity contribution in [3.63, 3.8) is 0 Å². The number of rotatable bonds is 54. The summed E-state index contributed by atoms with van der Waals surface area (Å²) in [5, 5.41) is 56.9. The first-order chi connectivity index (χ1) is 38.7. The summed E-state index contributed by atoms with van der Waals surface area (Å²) in [5.74, 6) is -1.24. The number of aliphatic hydroxyl groups is 5. The SMILES string of the molecule is CC/C=C/C=C/C=C\C=C/CCCCC(O)C(=O)NC(COC1OC(CO)C(O)C(O)C1OC(=O)CCCCCCCCCCCCCCCCC/C=C\C/C=C\CCCCC)C(O)/C=C/CCCCCCCCCCCCC. The summed E-state index contributed by atoms with van der Waals surface area (Å²) in [6, 6.07) is -1.05. The van der Waals surface area contributed by atoms with Crippen LogP contribution in [0.1, 0.15) is 271 Å². The number of esters is 1. The maximum atomic E-state index is 13.4. The average Bonchev–Trinajstić information content (AvgIpc) is 3.51. The second kappa shape index (κ2) is 55.4. The molecule has 1 aliphatic rings. The molecule has 1 heterocycles. The van der Waals surface area contributed by atoms with Gasteiger partial charge < -0.3 is 45.1 Å². The van der Waals surface area contributed by atoms with Crippen LogP contribution in [0.2, 0.25) is 0 Å². The molecule has 8 unspecified atom stereocenters. The number of carbonyl (C=O) groups excluding carboxylic acids is 2. The molecule has 11 nitrogen and oxygen atoms in total. The Labute approximate surface area is 483 Å². The maximum absolute atomic E-state index is 13.4. The van der Waals surface area contributed by atoms with Crippen LogP contribution in [0, 0.1) is 0 Å². The quantitative estimate of drug-likeness (QED) is 0.0149. The Morgan fingerprint density at radius 2 is 0.962 bits per heavy atom. The van der Waals surface area contributed by atoms with Crippen molar-refractivity contribution in [2.24, 2.45) is 0 Å². The molecular weight excluding hydrogens is 991 g/mol. The lowest BCUT2D eigenvalue weighted by molar-refractivity contribution is -0.305. The number of hydrogen-bond donors (Lipinski definition) is 6. The number of unbranched alkanes of at least 4 members (excludes halogenated alkanes) is 31.